The van der Waals surface area contributed by atoms with E-state index in [2.05, 4.69) is 11.1 Å². The first-order chi connectivity index (χ1) is 12.0. The van der Waals surface area contributed by atoms with Crippen molar-refractivity contribution in [3.8, 4) is 0 Å². The highest BCUT2D eigenvalue weighted by atomic mass is 32.2. The molecule has 1 aliphatic heterocycles. The van der Waals surface area contributed by atoms with Gasteiger partial charge in [0, 0.05) is 31.6 Å². The highest BCUT2D eigenvalue weighted by molar-refractivity contribution is 7.99. The first-order valence-electron chi connectivity index (χ1n) is 9.57. The molecule has 118 valence electrons. The maximum atomic E-state index is 12.7. The van der Waals surface area contributed by atoms with Crippen LogP contribution in [0.15, 0.2) is 23.1 Å². The molecule has 2 aromatic rings. The number of nitrogens with one attached hydrogen (secondary N) is 1. The van der Waals surface area contributed by atoms with E-state index in [1.807, 2.05) is 12.1 Å². The predicted molar refractivity (Wildman–Crippen MR) is 91.5 cm³/mol. The molecule has 2 aliphatic rings. The number of halogens is 1. The van der Waals surface area contributed by atoms with Gasteiger partial charge in [0.1, 0.15) is 6.01 Å². The van der Waals surface area contributed by atoms with Gasteiger partial charge in [0.15, 0.2) is 0 Å². The molecule has 1 N–H and O–H groups in total. The van der Waals surface area contributed by atoms with Gasteiger partial charge in [0.2, 0.25) is 0 Å². The number of rotatable bonds is 5. The highest BCUT2D eigenvalue weighted by Crippen LogP contribution is 2.44. The van der Waals surface area contributed by atoms with Crippen LogP contribution in [0.1, 0.15) is 47.0 Å². The van der Waals surface area contributed by atoms with E-state index in [0.717, 1.165) is 35.1 Å². The summed E-state index contributed by atoms with van der Waals surface area (Å²) in [5.41, 5.74) is 3.60. The Morgan fingerprint density at radius 3 is 3.09 bits per heavy atom. The quantitative estimate of drug-likeness (QED) is 0.805. The van der Waals surface area contributed by atoms with Crippen molar-refractivity contribution in [2.45, 2.75) is 49.0 Å². The maximum Gasteiger partial charge on any atom is 0.139 e. The predicted octanol–water partition coefficient (Wildman–Crippen LogP) is 4.70. The lowest BCUT2D eigenvalue weighted by molar-refractivity contribution is 0.309. The average molecular weight is 321 g/mol. The summed E-state index contributed by atoms with van der Waals surface area (Å²) in [7, 11) is 0. The van der Waals surface area contributed by atoms with Crippen molar-refractivity contribution in [2.24, 2.45) is 0 Å². The van der Waals surface area contributed by atoms with Crippen molar-refractivity contribution < 1.29 is 8.50 Å². The summed E-state index contributed by atoms with van der Waals surface area (Å²) in [5.74, 6) is 0.572. The largest absolute Gasteiger partial charge is 0.358 e. The van der Waals surface area contributed by atoms with Gasteiger partial charge in [-0.1, -0.05) is 11.8 Å². The lowest BCUT2D eigenvalue weighted by atomic mass is 9.99. The Morgan fingerprint density at radius 2 is 2.32 bits per heavy atom. The number of hydrogen-bond donors (Lipinski definition) is 1. The van der Waals surface area contributed by atoms with Crippen LogP contribution in [0.4, 0.5) is 4.39 Å². The third-order valence-corrected chi connectivity index (χ3v) is 5.63. The molecule has 1 aliphatic carbocycles. The van der Waals surface area contributed by atoms with E-state index in [-0.39, 0.29) is 6.04 Å². The zero-order valence-electron chi connectivity index (χ0n) is 15.6. The molecule has 2 heterocycles. The number of nitrogens with zero attached hydrogens (tertiary/aromatic N) is 1. The topological polar surface area (TPSA) is 19.0 Å². The highest BCUT2D eigenvalue weighted by Gasteiger charge is 2.31. The Labute approximate surface area is 139 Å². The van der Waals surface area contributed by atoms with Crippen molar-refractivity contribution in [1.82, 2.24) is 9.88 Å². The third kappa shape index (κ3) is 2.67. The minimum absolute atomic E-state index is 0.0569. The van der Waals surface area contributed by atoms with Gasteiger partial charge in [0.25, 0.3) is 0 Å². The molecule has 0 spiro atoms. The number of hydrogen-bond acceptors (Lipinski definition) is 2. The third-order valence-electron chi connectivity index (χ3n) is 4.93. The van der Waals surface area contributed by atoms with E-state index in [1.165, 1.54) is 35.9 Å². The molecule has 1 aromatic heterocycles. The van der Waals surface area contributed by atoms with Gasteiger partial charge in [-0.15, -0.1) is 0 Å². The molecule has 2 nitrogen and oxygen atoms in total. The molecule has 0 unspecified atom stereocenters. The Kier molecular flexibility index (Phi) is 3.09. The normalized spacial score (nSPS) is 25.3. The molecule has 22 heavy (non-hydrogen) atoms. The zero-order valence-corrected chi connectivity index (χ0v) is 13.4. The molecule has 4 rings (SSSR count). The van der Waals surface area contributed by atoms with Gasteiger partial charge in [-0.05, 0) is 75.3 Å². The van der Waals surface area contributed by atoms with Crippen molar-refractivity contribution >= 4 is 22.7 Å². The summed E-state index contributed by atoms with van der Waals surface area (Å²) in [6.45, 7) is -1.38. The Bertz CT molecular complexity index is 770. The van der Waals surface area contributed by atoms with Crippen LogP contribution in [0.5, 0.6) is 0 Å². The van der Waals surface area contributed by atoms with E-state index < -0.39 is 13.0 Å². The Balaban J connectivity index is 1.71. The molecular weight excluding hydrogens is 295 g/mol. The lowest BCUT2D eigenvalue weighted by Gasteiger charge is -2.20. The summed E-state index contributed by atoms with van der Waals surface area (Å²) >= 11 is 1.20. The number of aromatic amines is 1. The summed E-state index contributed by atoms with van der Waals surface area (Å²) < 4.78 is 36.1. The Hall–Kier alpha value is -1.00. The second-order valence-electron chi connectivity index (χ2n) is 6.45. The van der Waals surface area contributed by atoms with Crippen LogP contribution in [-0.2, 0) is 6.42 Å². The second kappa shape index (κ2) is 5.89. The van der Waals surface area contributed by atoms with Crippen molar-refractivity contribution in [3.63, 3.8) is 0 Å². The first-order valence-corrected chi connectivity index (χ1v) is 9.06. The van der Waals surface area contributed by atoms with Crippen LogP contribution < -0.4 is 0 Å². The summed E-state index contributed by atoms with van der Waals surface area (Å²) in [6.07, 6.45) is 5.01. The number of aromatic nitrogens is 1. The van der Waals surface area contributed by atoms with Crippen LogP contribution in [0.2, 0.25) is 0 Å². The minimum atomic E-state index is -2.03. The number of likely N-dealkylation sites (tertiary alicyclic amines) is 1. The van der Waals surface area contributed by atoms with E-state index >= 15 is 0 Å². The van der Waals surface area contributed by atoms with E-state index in [9.17, 15) is 4.39 Å². The van der Waals surface area contributed by atoms with Crippen molar-refractivity contribution in [1.29, 1.82) is 0 Å². The smallest absolute Gasteiger partial charge is 0.139 e. The van der Waals surface area contributed by atoms with Gasteiger partial charge in [-0.2, -0.15) is 0 Å². The maximum absolute atomic E-state index is 12.7. The average Bonchev–Trinajstić information content (AvgIpc) is 3.18. The summed E-state index contributed by atoms with van der Waals surface area (Å²) in [5, 5.41) is 1.14. The fourth-order valence-electron chi connectivity index (χ4n) is 3.62. The number of H-pyrrole nitrogens is 1. The standard InChI is InChI=1S/C18H23FN2S/c1-21-8-2-3-13(21)9-16-15-10-14(22-11-19)6-7-17(15)20-18(16)12-4-5-12/h6-7,10,12-13,20H,2-5,8-9,11H2,1H3/t13-/m1/s1/i1D3. The molecule has 4 heteroatoms. The van der Waals surface area contributed by atoms with Gasteiger partial charge < -0.3 is 9.88 Å². The molecule has 1 saturated carbocycles. The summed E-state index contributed by atoms with van der Waals surface area (Å²) in [4.78, 5) is 6.17. The zero-order chi connectivity index (χ0) is 17.6. The van der Waals surface area contributed by atoms with Gasteiger partial charge >= 0.3 is 0 Å². The van der Waals surface area contributed by atoms with Crippen molar-refractivity contribution in [2.75, 3.05) is 19.5 Å². The monoisotopic (exact) mass is 321 g/mol. The summed E-state index contributed by atoms with van der Waals surface area (Å²) in [6, 6.07) is 5.66. The second-order valence-corrected chi connectivity index (χ2v) is 7.42. The molecule has 0 radical (unpaired) electrons. The fourth-order valence-corrected chi connectivity index (χ4v) is 4.12. The van der Waals surface area contributed by atoms with Crippen molar-refractivity contribution in [3.05, 3.63) is 29.5 Å². The van der Waals surface area contributed by atoms with Crippen LogP contribution in [0.3, 0.4) is 0 Å². The molecule has 0 bridgehead atoms. The van der Waals surface area contributed by atoms with E-state index in [4.69, 9.17) is 4.11 Å². The first kappa shape index (κ1) is 11.5. The molecule has 0 amide bonds. The Morgan fingerprint density at radius 1 is 1.41 bits per heavy atom. The number of alkyl halides is 1. The van der Waals surface area contributed by atoms with E-state index in [0.29, 0.717) is 12.5 Å². The number of fused-ring (bicyclic) bond motifs is 1. The molecule has 1 atom stereocenters. The minimum Gasteiger partial charge on any atom is -0.358 e. The molecule has 1 saturated heterocycles. The lowest BCUT2D eigenvalue weighted by Crippen LogP contribution is -2.27. The number of benzene rings is 1. The fraction of sp³-hybridized carbons (Fsp3) is 0.556. The van der Waals surface area contributed by atoms with Crippen LogP contribution in [0.25, 0.3) is 10.9 Å². The molecule has 2 fully saturated rings. The SMILES string of the molecule is [2H]C([2H])([2H])N1CCC[C@@H]1Cc1c(C2CC2)[nH]c2ccc(SCF)cc12. The number of likely N-dealkylation sites (N-methyl/N-ethyl adjacent to an activating group) is 1. The van der Waals surface area contributed by atoms with Gasteiger partial charge in [0.05, 0.1) is 0 Å². The van der Waals surface area contributed by atoms with Crippen LogP contribution in [-0.4, -0.2) is 35.5 Å². The van der Waals surface area contributed by atoms with Gasteiger partial charge in [-0.25, -0.2) is 4.39 Å². The van der Waals surface area contributed by atoms with Gasteiger partial charge in [-0.3, -0.25) is 0 Å². The molecular formula is C18H23FN2S. The van der Waals surface area contributed by atoms with Crippen LogP contribution in [0, 0.1) is 0 Å². The number of thioether (sulfide) groups is 1. The van der Waals surface area contributed by atoms with E-state index in [1.54, 1.807) is 4.90 Å². The van der Waals surface area contributed by atoms with Crippen LogP contribution >= 0.6 is 11.8 Å². The molecule has 1 aromatic carbocycles.